The standard InChI is InChI=1S/C15H19ClFN3O2/c1-9(19-15(18)22)14(21)20-7-3-4-10(20)8-11-12(16)5-2-6-13(11)17/h2,5-6,9-10H,3-4,7-8H2,1H3,(H3,18,19,22)/t9-,10?/m0/s1. The van der Waals surface area contributed by atoms with Crippen LogP contribution in [0.15, 0.2) is 18.2 Å². The van der Waals surface area contributed by atoms with Crippen molar-refractivity contribution in [3.05, 3.63) is 34.6 Å². The second kappa shape index (κ2) is 6.96. The van der Waals surface area contributed by atoms with Gasteiger partial charge in [-0.2, -0.15) is 0 Å². The SMILES string of the molecule is C[C@H](NC(N)=O)C(=O)N1CCCC1Cc1c(F)cccc1Cl. The minimum Gasteiger partial charge on any atom is -0.352 e. The maximum absolute atomic E-state index is 13.9. The van der Waals surface area contributed by atoms with Crippen LogP contribution in [0.5, 0.6) is 0 Å². The van der Waals surface area contributed by atoms with Crippen LogP contribution in [0, 0.1) is 5.82 Å². The maximum Gasteiger partial charge on any atom is 0.312 e. The summed E-state index contributed by atoms with van der Waals surface area (Å²) in [7, 11) is 0. The number of primary amides is 1. The Balaban J connectivity index is 2.11. The van der Waals surface area contributed by atoms with Gasteiger partial charge in [0.25, 0.3) is 0 Å². The molecule has 1 aliphatic heterocycles. The van der Waals surface area contributed by atoms with Gasteiger partial charge in [0.15, 0.2) is 0 Å². The number of nitrogens with two attached hydrogens (primary N) is 1. The fraction of sp³-hybridized carbons (Fsp3) is 0.467. The van der Waals surface area contributed by atoms with Gasteiger partial charge in [0.2, 0.25) is 5.91 Å². The van der Waals surface area contributed by atoms with Gasteiger partial charge in [-0.05, 0) is 38.3 Å². The zero-order valence-electron chi connectivity index (χ0n) is 12.3. The summed E-state index contributed by atoms with van der Waals surface area (Å²) in [6.07, 6.45) is 1.98. The number of carbonyl (C=O) groups excluding carboxylic acids is 2. The molecule has 2 rings (SSSR count). The number of nitrogens with zero attached hydrogens (tertiary/aromatic N) is 1. The molecule has 120 valence electrons. The van der Waals surface area contributed by atoms with Crippen molar-refractivity contribution >= 4 is 23.5 Å². The van der Waals surface area contributed by atoms with E-state index >= 15 is 0 Å². The molecule has 2 atom stereocenters. The van der Waals surface area contributed by atoms with Crippen LogP contribution in [0.1, 0.15) is 25.3 Å². The zero-order chi connectivity index (χ0) is 16.3. The van der Waals surface area contributed by atoms with Crippen molar-refractivity contribution in [2.45, 2.75) is 38.3 Å². The van der Waals surface area contributed by atoms with Crippen molar-refractivity contribution in [1.29, 1.82) is 0 Å². The number of likely N-dealkylation sites (tertiary alicyclic amines) is 1. The third-order valence-electron chi connectivity index (χ3n) is 3.89. The van der Waals surface area contributed by atoms with E-state index < -0.39 is 12.1 Å². The molecule has 0 saturated carbocycles. The average Bonchev–Trinajstić information content (AvgIpc) is 2.89. The molecule has 1 saturated heterocycles. The molecule has 0 bridgehead atoms. The summed E-state index contributed by atoms with van der Waals surface area (Å²) in [5.41, 5.74) is 5.46. The lowest BCUT2D eigenvalue weighted by molar-refractivity contribution is -0.133. The number of amides is 3. The molecule has 7 heteroatoms. The normalized spacial score (nSPS) is 19.0. The van der Waals surface area contributed by atoms with E-state index in [2.05, 4.69) is 5.32 Å². The van der Waals surface area contributed by atoms with E-state index in [4.69, 9.17) is 17.3 Å². The molecule has 1 aromatic carbocycles. The summed E-state index contributed by atoms with van der Waals surface area (Å²) in [5.74, 6) is -0.580. The number of hydrogen-bond acceptors (Lipinski definition) is 2. The molecule has 1 unspecified atom stereocenters. The Morgan fingerprint density at radius 3 is 2.91 bits per heavy atom. The Morgan fingerprint density at radius 1 is 1.55 bits per heavy atom. The number of carbonyl (C=O) groups is 2. The first-order valence-corrected chi connectivity index (χ1v) is 7.57. The zero-order valence-corrected chi connectivity index (χ0v) is 13.1. The van der Waals surface area contributed by atoms with E-state index in [0.717, 1.165) is 12.8 Å². The van der Waals surface area contributed by atoms with Crippen LogP contribution >= 0.6 is 11.6 Å². The summed E-state index contributed by atoms with van der Waals surface area (Å²) >= 11 is 6.05. The predicted molar refractivity (Wildman–Crippen MR) is 82.0 cm³/mol. The Bertz CT molecular complexity index is 562. The summed E-state index contributed by atoms with van der Waals surface area (Å²) in [6.45, 7) is 2.17. The number of benzene rings is 1. The third-order valence-corrected chi connectivity index (χ3v) is 4.24. The number of halogens is 2. The van der Waals surface area contributed by atoms with E-state index in [1.54, 1.807) is 24.0 Å². The molecular weight excluding hydrogens is 309 g/mol. The molecule has 1 fully saturated rings. The molecule has 22 heavy (non-hydrogen) atoms. The Labute approximate surface area is 133 Å². The lowest BCUT2D eigenvalue weighted by atomic mass is 10.0. The number of rotatable bonds is 4. The number of hydrogen-bond donors (Lipinski definition) is 2. The van der Waals surface area contributed by atoms with Crippen molar-refractivity contribution in [3.63, 3.8) is 0 Å². The quantitative estimate of drug-likeness (QED) is 0.888. The summed E-state index contributed by atoms with van der Waals surface area (Å²) in [5, 5.41) is 2.74. The topological polar surface area (TPSA) is 75.4 Å². The molecule has 3 amide bonds. The summed E-state index contributed by atoms with van der Waals surface area (Å²) in [4.78, 5) is 24.9. The highest BCUT2D eigenvalue weighted by Gasteiger charge is 2.32. The van der Waals surface area contributed by atoms with Gasteiger partial charge in [0.1, 0.15) is 11.9 Å². The molecular formula is C15H19ClFN3O2. The van der Waals surface area contributed by atoms with Crippen LogP contribution in [-0.2, 0) is 11.2 Å². The van der Waals surface area contributed by atoms with Gasteiger partial charge in [-0.15, -0.1) is 0 Å². The van der Waals surface area contributed by atoms with Gasteiger partial charge in [-0.25, -0.2) is 9.18 Å². The molecule has 1 aromatic rings. The van der Waals surface area contributed by atoms with Gasteiger partial charge in [0.05, 0.1) is 0 Å². The van der Waals surface area contributed by atoms with E-state index in [1.807, 2.05) is 0 Å². The molecule has 0 aromatic heterocycles. The molecule has 5 nitrogen and oxygen atoms in total. The molecule has 0 radical (unpaired) electrons. The molecule has 1 heterocycles. The highest BCUT2D eigenvalue weighted by molar-refractivity contribution is 6.31. The van der Waals surface area contributed by atoms with Crippen molar-refractivity contribution in [1.82, 2.24) is 10.2 Å². The number of nitrogens with one attached hydrogen (secondary N) is 1. The van der Waals surface area contributed by atoms with Crippen LogP contribution in [0.2, 0.25) is 5.02 Å². The van der Waals surface area contributed by atoms with Crippen LogP contribution in [0.4, 0.5) is 9.18 Å². The Kier molecular flexibility index (Phi) is 5.24. The van der Waals surface area contributed by atoms with Crippen molar-refractivity contribution < 1.29 is 14.0 Å². The largest absolute Gasteiger partial charge is 0.352 e. The molecule has 0 spiro atoms. The van der Waals surface area contributed by atoms with Crippen LogP contribution in [0.25, 0.3) is 0 Å². The van der Waals surface area contributed by atoms with Gasteiger partial charge < -0.3 is 16.0 Å². The van der Waals surface area contributed by atoms with E-state index in [1.165, 1.54) is 6.07 Å². The van der Waals surface area contributed by atoms with Gasteiger partial charge in [-0.3, -0.25) is 4.79 Å². The van der Waals surface area contributed by atoms with Crippen molar-refractivity contribution in [3.8, 4) is 0 Å². The fourth-order valence-electron chi connectivity index (χ4n) is 2.82. The minimum atomic E-state index is -0.742. The minimum absolute atomic E-state index is 0.126. The second-order valence-electron chi connectivity index (χ2n) is 5.46. The highest BCUT2D eigenvalue weighted by atomic mass is 35.5. The van der Waals surface area contributed by atoms with E-state index in [-0.39, 0.29) is 17.8 Å². The summed E-state index contributed by atoms with van der Waals surface area (Å²) in [6, 6.07) is 2.98. The van der Waals surface area contributed by atoms with Gasteiger partial charge >= 0.3 is 6.03 Å². The maximum atomic E-state index is 13.9. The van der Waals surface area contributed by atoms with Crippen LogP contribution in [0.3, 0.4) is 0 Å². The van der Waals surface area contributed by atoms with Crippen LogP contribution in [-0.4, -0.2) is 35.5 Å². The average molecular weight is 328 g/mol. The molecule has 0 aliphatic carbocycles. The molecule has 1 aliphatic rings. The first-order chi connectivity index (χ1) is 10.4. The number of urea groups is 1. The van der Waals surface area contributed by atoms with E-state index in [0.29, 0.717) is 23.6 Å². The van der Waals surface area contributed by atoms with Gasteiger partial charge in [0, 0.05) is 23.2 Å². The first kappa shape index (κ1) is 16.5. The second-order valence-corrected chi connectivity index (χ2v) is 5.87. The van der Waals surface area contributed by atoms with E-state index in [9.17, 15) is 14.0 Å². The fourth-order valence-corrected chi connectivity index (χ4v) is 3.07. The third kappa shape index (κ3) is 3.68. The predicted octanol–water partition coefficient (Wildman–Crippen LogP) is 2.07. The smallest absolute Gasteiger partial charge is 0.312 e. The van der Waals surface area contributed by atoms with Crippen molar-refractivity contribution in [2.24, 2.45) is 5.73 Å². The monoisotopic (exact) mass is 327 g/mol. The van der Waals surface area contributed by atoms with Crippen LogP contribution < -0.4 is 11.1 Å². The Morgan fingerprint density at radius 2 is 2.27 bits per heavy atom. The lowest BCUT2D eigenvalue weighted by Gasteiger charge is -2.28. The van der Waals surface area contributed by atoms with Crippen molar-refractivity contribution in [2.75, 3.05) is 6.54 Å². The lowest BCUT2D eigenvalue weighted by Crippen LogP contribution is -2.50. The Hall–Kier alpha value is -1.82. The summed E-state index contributed by atoms with van der Waals surface area (Å²) < 4.78 is 13.9. The first-order valence-electron chi connectivity index (χ1n) is 7.19. The van der Waals surface area contributed by atoms with Gasteiger partial charge in [-0.1, -0.05) is 17.7 Å². The highest BCUT2D eigenvalue weighted by Crippen LogP contribution is 2.27. The molecule has 3 N–H and O–H groups in total.